The molecule has 168 valence electrons. The Kier molecular flexibility index (Phi) is 5.88. The number of hydrogen-bond donors (Lipinski definition) is 1. The van der Waals surface area contributed by atoms with Crippen molar-refractivity contribution in [1.82, 2.24) is 0 Å². The number of aliphatic hydroxyl groups is 1. The van der Waals surface area contributed by atoms with E-state index in [1.165, 1.54) is 31.3 Å². The van der Waals surface area contributed by atoms with Gasteiger partial charge < -0.3 is 5.11 Å². The van der Waals surface area contributed by atoms with Gasteiger partial charge in [0.05, 0.1) is 6.10 Å². The second kappa shape index (κ2) is 7.91. The Hall–Kier alpha value is -0.890. The van der Waals surface area contributed by atoms with Crippen LogP contribution in [0.2, 0.25) is 0 Å². The van der Waals surface area contributed by atoms with E-state index in [-0.39, 0.29) is 17.4 Å². The fourth-order valence-electron chi connectivity index (χ4n) is 7.98. The number of aliphatic hydroxyl groups excluding tert-OH is 1. The van der Waals surface area contributed by atoms with Crippen LogP contribution >= 0.6 is 0 Å². The second-order valence-corrected chi connectivity index (χ2v) is 12.2. The highest BCUT2D eigenvalue weighted by Gasteiger charge is 2.57. The molecule has 0 saturated heterocycles. The molecule has 0 aromatic carbocycles. The van der Waals surface area contributed by atoms with Crippen LogP contribution in [-0.4, -0.2) is 17.0 Å². The molecule has 0 radical (unpaired) electrons. The van der Waals surface area contributed by atoms with Crippen molar-refractivity contribution in [2.45, 2.75) is 99.0 Å². The lowest BCUT2D eigenvalue weighted by Gasteiger charge is -2.55. The van der Waals surface area contributed by atoms with E-state index in [2.05, 4.69) is 53.7 Å². The van der Waals surface area contributed by atoms with Gasteiger partial charge in [0.15, 0.2) is 0 Å². The number of carbonyl (C=O) groups is 1. The van der Waals surface area contributed by atoms with E-state index in [4.69, 9.17) is 0 Å². The largest absolute Gasteiger partial charge is 0.393 e. The van der Waals surface area contributed by atoms with Crippen LogP contribution in [-0.2, 0) is 4.79 Å². The van der Waals surface area contributed by atoms with Crippen LogP contribution in [0, 0.1) is 46.3 Å². The Labute approximate surface area is 184 Å². The topological polar surface area (TPSA) is 37.3 Å². The van der Waals surface area contributed by atoms with Gasteiger partial charge in [-0.25, -0.2) is 0 Å². The first-order valence-electron chi connectivity index (χ1n) is 12.7. The third-order valence-corrected chi connectivity index (χ3v) is 10.3. The van der Waals surface area contributed by atoms with E-state index >= 15 is 0 Å². The highest BCUT2D eigenvalue weighted by molar-refractivity contribution is 5.81. The molecule has 0 amide bonds. The van der Waals surface area contributed by atoms with Gasteiger partial charge in [-0.3, -0.25) is 4.79 Å². The first-order valence-corrected chi connectivity index (χ1v) is 12.7. The van der Waals surface area contributed by atoms with Crippen LogP contribution in [0.3, 0.4) is 0 Å². The predicted molar refractivity (Wildman–Crippen MR) is 124 cm³/mol. The van der Waals surface area contributed by atoms with E-state index in [0.717, 1.165) is 25.7 Å². The Morgan fingerprint density at radius 2 is 1.77 bits per heavy atom. The van der Waals surface area contributed by atoms with Crippen molar-refractivity contribution in [2.75, 3.05) is 0 Å². The van der Waals surface area contributed by atoms with E-state index in [1.54, 1.807) is 5.57 Å². The molecular weight excluding hydrogens is 368 g/mol. The Morgan fingerprint density at radius 1 is 1.03 bits per heavy atom. The zero-order valence-electron chi connectivity index (χ0n) is 20.2. The highest BCUT2D eigenvalue weighted by Crippen LogP contribution is 2.66. The summed E-state index contributed by atoms with van der Waals surface area (Å²) in [6.07, 6.45) is 13.6. The van der Waals surface area contributed by atoms with Gasteiger partial charge in [0.2, 0.25) is 0 Å². The van der Waals surface area contributed by atoms with Crippen molar-refractivity contribution in [3.05, 3.63) is 23.3 Å². The average molecular weight is 413 g/mol. The zero-order chi connectivity index (χ0) is 21.8. The quantitative estimate of drug-likeness (QED) is 0.543. The van der Waals surface area contributed by atoms with Gasteiger partial charge in [-0.2, -0.15) is 0 Å². The van der Waals surface area contributed by atoms with Crippen LogP contribution in [0.15, 0.2) is 23.3 Å². The van der Waals surface area contributed by atoms with Crippen molar-refractivity contribution >= 4 is 5.78 Å². The molecule has 0 aromatic rings. The van der Waals surface area contributed by atoms with Crippen molar-refractivity contribution < 1.29 is 9.90 Å². The standard InChI is InChI=1S/C28H44O2/c1-17(2)19(4)26(30)15-18(3)23-9-10-24-22-8-7-20-16-21(29)11-13-27(20,5)25(22)12-14-28(23,24)6/h7-8,17-19,21,23-25,29H,9-16H2,1-6H3/t18-,19-,21+,23?,24?,25?,27+,28-/m1/s1. The number of carbonyl (C=O) groups excluding carboxylic acids is 1. The van der Waals surface area contributed by atoms with E-state index < -0.39 is 0 Å². The summed E-state index contributed by atoms with van der Waals surface area (Å²) in [5.41, 5.74) is 3.81. The minimum Gasteiger partial charge on any atom is -0.393 e. The molecule has 1 N–H and O–H groups in total. The molecule has 8 atom stereocenters. The Morgan fingerprint density at radius 3 is 2.47 bits per heavy atom. The third kappa shape index (κ3) is 3.46. The summed E-state index contributed by atoms with van der Waals surface area (Å²) in [7, 11) is 0. The molecule has 3 unspecified atom stereocenters. The fourth-order valence-corrected chi connectivity index (χ4v) is 7.98. The molecule has 4 aliphatic rings. The summed E-state index contributed by atoms with van der Waals surface area (Å²) in [6.45, 7) is 13.8. The summed E-state index contributed by atoms with van der Waals surface area (Å²) in [5, 5.41) is 10.2. The fraction of sp³-hybridized carbons (Fsp3) is 0.821. The van der Waals surface area contributed by atoms with Gasteiger partial charge in [-0.05, 0) is 85.4 Å². The lowest BCUT2D eigenvalue weighted by Crippen LogP contribution is -2.46. The summed E-state index contributed by atoms with van der Waals surface area (Å²) >= 11 is 0. The maximum Gasteiger partial charge on any atom is 0.136 e. The molecule has 3 saturated carbocycles. The molecule has 0 heterocycles. The first kappa shape index (κ1) is 22.3. The van der Waals surface area contributed by atoms with Gasteiger partial charge in [-0.1, -0.05) is 64.8 Å². The number of fused-ring (bicyclic) bond motifs is 5. The van der Waals surface area contributed by atoms with Crippen molar-refractivity contribution in [3.63, 3.8) is 0 Å². The van der Waals surface area contributed by atoms with Crippen LogP contribution < -0.4 is 0 Å². The Bertz CT molecular complexity index is 746. The van der Waals surface area contributed by atoms with E-state index in [0.29, 0.717) is 40.8 Å². The highest BCUT2D eigenvalue weighted by atomic mass is 16.3. The Balaban J connectivity index is 1.54. The normalized spacial score (nSPS) is 42.5. The van der Waals surface area contributed by atoms with Crippen LogP contribution in [0.4, 0.5) is 0 Å². The molecule has 0 aliphatic heterocycles. The van der Waals surface area contributed by atoms with Gasteiger partial charge in [-0.15, -0.1) is 0 Å². The molecule has 4 rings (SSSR count). The second-order valence-electron chi connectivity index (χ2n) is 12.2. The number of hydrogen-bond acceptors (Lipinski definition) is 2. The summed E-state index contributed by atoms with van der Waals surface area (Å²) in [4.78, 5) is 12.8. The zero-order valence-corrected chi connectivity index (χ0v) is 20.2. The molecule has 0 bridgehead atoms. The molecule has 30 heavy (non-hydrogen) atoms. The SMILES string of the molecule is CC(C)[C@@H](C)C(=O)C[C@@H](C)C1CCC2C3=CC=C4C[C@@H](O)CC[C@]4(C)C3CC[C@@]21C. The monoisotopic (exact) mass is 412 g/mol. The molecule has 3 fully saturated rings. The number of Topliss-reactive ketones (excluding diaryl/α,β-unsaturated/α-hetero) is 1. The summed E-state index contributed by atoms with van der Waals surface area (Å²) in [6, 6.07) is 0. The number of rotatable bonds is 5. The average Bonchev–Trinajstić information content (AvgIpc) is 3.05. The minimum atomic E-state index is -0.143. The lowest BCUT2D eigenvalue weighted by molar-refractivity contribution is -0.125. The number of allylic oxidation sites excluding steroid dienone is 3. The van der Waals surface area contributed by atoms with Crippen LogP contribution in [0.25, 0.3) is 0 Å². The lowest BCUT2D eigenvalue weighted by atomic mass is 9.50. The van der Waals surface area contributed by atoms with Crippen LogP contribution in [0.5, 0.6) is 0 Å². The molecule has 0 aromatic heterocycles. The predicted octanol–water partition coefficient (Wildman–Crippen LogP) is 6.73. The van der Waals surface area contributed by atoms with Crippen LogP contribution in [0.1, 0.15) is 92.9 Å². The summed E-state index contributed by atoms with van der Waals surface area (Å²) in [5.74, 6) is 3.59. The maximum absolute atomic E-state index is 12.8. The smallest absolute Gasteiger partial charge is 0.136 e. The summed E-state index contributed by atoms with van der Waals surface area (Å²) < 4.78 is 0. The van der Waals surface area contributed by atoms with Gasteiger partial charge >= 0.3 is 0 Å². The third-order valence-electron chi connectivity index (χ3n) is 10.3. The first-order chi connectivity index (χ1) is 14.1. The van der Waals surface area contributed by atoms with Gasteiger partial charge in [0.25, 0.3) is 0 Å². The molecule has 2 nitrogen and oxygen atoms in total. The van der Waals surface area contributed by atoms with Gasteiger partial charge in [0, 0.05) is 12.3 Å². The maximum atomic E-state index is 12.8. The van der Waals surface area contributed by atoms with Crippen molar-refractivity contribution in [2.24, 2.45) is 46.3 Å². The van der Waals surface area contributed by atoms with Gasteiger partial charge in [0.1, 0.15) is 5.78 Å². The van der Waals surface area contributed by atoms with Crippen molar-refractivity contribution in [3.8, 4) is 0 Å². The molecule has 0 spiro atoms. The van der Waals surface area contributed by atoms with Crippen molar-refractivity contribution in [1.29, 1.82) is 0 Å². The van der Waals surface area contributed by atoms with E-state index in [9.17, 15) is 9.90 Å². The molecular formula is C28H44O2. The number of ketones is 1. The molecule has 2 heteroatoms. The molecule has 4 aliphatic carbocycles. The van der Waals surface area contributed by atoms with E-state index in [1.807, 2.05) is 0 Å². The minimum absolute atomic E-state index is 0.143.